The fourth-order valence-electron chi connectivity index (χ4n) is 4.06. The number of hydrogen-bond acceptors (Lipinski definition) is 4. The van der Waals surface area contributed by atoms with E-state index >= 15 is 0 Å². The molecule has 0 saturated carbocycles. The molecule has 0 bridgehead atoms. The summed E-state index contributed by atoms with van der Waals surface area (Å²) >= 11 is 0. The number of hydrogen-bond donors (Lipinski definition) is 1. The van der Waals surface area contributed by atoms with Crippen molar-refractivity contribution >= 4 is 10.9 Å². The summed E-state index contributed by atoms with van der Waals surface area (Å²) < 4.78 is 22.4. The zero-order valence-electron chi connectivity index (χ0n) is 16.6. The van der Waals surface area contributed by atoms with Crippen LogP contribution in [0.3, 0.4) is 0 Å². The number of halogens is 1. The van der Waals surface area contributed by atoms with Crippen molar-refractivity contribution in [1.29, 1.82) is 0 Å². The summed E-state index contributed by atoms with van der Waals surface area (Å²) in [5, 5.41) is 4.66. The Morgan fingerprint density at radius 3 is 2.90 bits per heavy atom. The van der Waals surface area contributed by atoms with E-state index in [0.717, 1.165) is 36.3 Å². The van der Waals surface area contributed by atoms with Gasteiger partial charge in [-0.3, -0.25) is 9.36 Å². The van der Waals surface area contributed by atoms with Crippen LogP contribution < -0.4 is 15.6 Å². The van der Waals surface area contributed by atoms with E-state index in [1.807, 2.05) is 6.07 Å². The third-order valence-corrected chi connectivity index (χ3v) is 5.62. The lowest BCUT2D eigenvalue weighted by atomic mass is 10.1. The van der Waals surface area contributed by atoms with E-state index in [2.05, 4.69) is 34.0 Å². The Hall–Kier alpha value is -3.45. The van der Waals surface area contributed by atoms with Crippen molar-refractivity contribution in [3.05, 3.63) is 88.0 Å². The minimum Gasteiger partial charge on any atom is -0.489 e. The van der Waals surface area contributed by atoms with Crippen molar-refractivity contribution in [3.8, 4) is 11.4 Å². The van der Waals surface area contributed by atoms with Gasteiger partial charge in [0.15, 0.2) is 0 Å². The van der Waals surface area contributed by atoms with Crippen molar-refractivity contribution in [3.63, 3.8) is 0 Å². The van der Waals surface area contributed by atoms with E-state index < -0.39 is 5.95 Å². The molecule has 0 radical (unpaired) electrons. The molecule has 0 saturated heterocycles. The van der Waals surface area contributed by atoms with Crippen molar-refractivity contribution in [2.45, 2.75) is 19.6 Å². The van der Waals surface area contributed by atoms with Crippen LogP contribution in [0.25, 0.3) is 16.6 Å². The van der Waals surface area contributed by atoms with E-state index in [1.165, 1.54) is 35.0 Å². The number of aryl methyl sites for hydroxylation is 1. The minimum atomic E-state index is -0.534. The molecule has 0 aliphatic carbocycles. The van der Waals surface area contributed by atoms with Crippen LogP contribution >= 0.6 is 0 Å². The molecule has 3 aromatic heterocycles. The molecule has 0 unspecified atom stereocenters. The highest BCUT2D eigenvalue weighted by atomic mass is 19.1. The molecule has 0 fully saturated rings. The maximum atomic E-state index is 12.9. The Balaban J connectivity index is 1.43. The van der Waals surface area contributed by atoms with Gasteiger partial charge in [0, 0.05) is 61.7 Å². The average Bonchev–Trinajstić information content (AvgIpc) is 3.05. The second-order valence-electron chi connectivity index (χ2n) is 7.46. The Morgan fingerprint density at radius 1 is 1.20 bits per heavy atom. The van der Waals surface area contributed by atoms with Gasteiger partial charge in [0.1, 0.15) is 12.4 Å². The molecule has 0 atom stereocenters. The molecular weight excluding hydrogens is 383 g/mol. The number of aromatic nitrogens is 3. The van der Waals surface area contributed by atoms with Crippen LogP contribution in [-0.2, 0) is 26.6 Å². The standard InChI is InChI=1S/C23H21FN4O2/c1-27-20-6-8-25-13-19(20)18-4-3-16(10-21(18)27)28-9-7-17(11-23(28)29)30-14-15-2-5-22(24)26-12-15/h2-5,7,9-12,25H,6,8,13-14H2,1H3. The van der Waals surface area contributed by atoms with Gasteiger partial charge in [-0.25, -0.2) is 4.98 Å². The Labute approximate surface area is 172 Å². The predicted molar refractivity (Wildman–Crippen MR) is 112 cm³/mol. The van der Waals surface area contributed by atoms with Crippen LogP contribution in [0.15, 0.2) is 59.7 Å². The number of nitrogens with one attached hydrogen (secondary N) is 1. The molecule has 1 aliphatic heterocycles. The van der Waals surface area contributed by atoms with Gasteiger partial charge < -0.3 is 14.6 Å². The van der Waals surface area contributed by atoms with Crippen LogP contribution in [0.1, 0.15) is 16.8 Å². The molecule has 4 aromatic rings. The van der Waals surface area contributed by atoms with Crippen molar-refractivity contribution in [2.24, 2.45) is 7.05 Å². The summed E-state index contributed by atoms with van der Waals surface area (Å²) in [7, 11) is 2.08. The summed E-state index contributed by atoms with van der Waals surface area (Å²) in [6.07, 6.45) is 4.14. The first-order valence-corrected chi connectivity index (χ1v) is 9.87. The van der Waals surface area contributed by atoms with E-state index in [-0.39, 0.29) is 12.2 Å². The molecule has 0 spiro atoms. The average molecular weight is 404 g/mol. The van der Waals surface area contributed by atoms with Crippen molar-refractivity contribution in [2.75, 3.05) is 6.54 Å². The first kappa shape index (κ1) is 18.6. The number of nitrogens with zero attached hydrogens (tertiary/aromatic N) is 3. The van der Waals surface area contributed by atoms with Crippen molar-refractivity contribution in [1.82, 2.24) is 19.4 Å². The second-order valence-corrected chi connectivity index (χ2v) is 7.46. The van der Waals surface area contributed by atoms with Gasteiger partial charge >= 0.3 is 0 Å². The molecule has 1 aliphatic rings. The highest BCUT2D eigenvalue weighted by molar-refractivity contribution is 5.87. The Morgan fingerprint density at radius 2 is 2.10 bits per heavy atom. The molecular formula is C23H21FN4O2. The highest BCUT2D eigenvalue weighted by Crippen LogP contribution is 2.29. The van der Waals surface area contributed by atoms with Crippen LogP contribution in [0, 0.1) is 5.95 Å². The molecule has 1 N–H and O–H groups in total. The third kappa shape index (κ3) is 3.27. The largest absolute Gasteiger partial charge is 0.489 e. The van der Waals surface area contributed by atoms with Crippen LogP contribution in [0.2, 0.25) is 0 Å². The maximum absolute atomic E-state index is 12.9. The number of pyridine rings is 2. The zero-order chi connectivity index (χ0) is 20.7. The fraction of sp³-hybridized carbons (Fsp3) is 0.217. The van der Waals surface area contributed by atoms with Crippen molar-refractivity contribution < 1.29 is 9.13 Å². The summed E-state index contributed by atoms with van der Waals surface area (Å²) in [6.45, 7) is 2.08. The lowest BCUT2D eigenvalue weighted by molar-refractivity contribution is 0.304. The smallest absolute Gasteiger partial charge is 0.258 e. The monoisotopic (exact) mass is 404 g/mol. The van der Waals surface area contributed by atoms with E-state index in [0.29, 0.717) is 5.75 Å². The highest BCUT2D eigenvalue weighted by Gasteiger charge is 2.18. The van der Waals surface area contributed by atoms with Gasteiger partial charge in [0.2, 0.25) is 5.95 Å². The SMILES string of the molecule is Cn1c2c(c3ccc(-n4ccc(OCc5ccc(F)nc5)cc4=O)cc31)CNCC2. The minimum absolute atomic E-state index is 0.176. The second kappa shape index (κ2) is 7.42. The van der Waals surface area contributed by atoms with E-state index in [1.54, 1.807) is 22.9 Å². The zero-order valence-corrected chi connectivity index (χ0v) is 16.6. The lowest BCUT2D eigenvalue weighted by Gasteiger charge is -2.14. The lowest BCUT2D eigenvalue weighted by Crippen LogP contribution is -2.24. The van der Waals surface area contributed by atoms with E-state index in [9.17, 15) is 9.18 Å². The maximum Gasteiger partial charge on any atom is 0.258 e. The van der Waals surface area contributed by atoms with Gasteiger partial charge in [-0.1, -0.05) is 6.07 Å². The molecule has 5 rings (SSSR count). The molecule has 7 heteroatoms. The molecule has 6 nitrogen and oxygen atoms in total. The van der Waals surface area contributed by atoms with Gasteiger partial charge in [-0.05, 0) is 35.9 Å². The number of fused-ring (bicyclic) bond motifs is 3. The predicted octanol–water partition coefficient (Wildman–Crippen LogP) is 3.09. The Bertz CT molecular complexity index is 1290. The van der Waals surface area contributed by atoms with E-state index in [4.69, 9.17) is 4.74 Å². The summed E-state index contributed by atoms with van der Waals surface area (Å²) in [5.74, 6) is -0.0734. The summed E-state index contributed by atoms with van der Waals surface area (Å²) in [4.78, 5) is 16.3. The topological polar surface area (TPSA) is 61.1 Å². The van der Waals surface area contributed by atoms with Gasteiger partial charge in [0.25, 0.3) is 5.56 Å². The fourth-order valence-corrected chi connectivity index (χ4v) is 4.06. The quantitative estimate of drug-likeness (QED) is 0.531. The Kier molecular flexibility index (Phi) is 4.59. The number of benzene rings is 1. The molecule has 4 heterocycles. The number of ether oxygens (including phenoxy) is 1. The normalized spacial score (nSPS) is 13.4. The van der Waals surface area contributed by atoms with Gasteiger partial charge in [-0.2, -0.15) is 4.39 Å². The van der Waals surface area contributed by atoms with Gasteiger partial charge in [-0.15, -0.1) is 0 Å². The van der Waals surface area contributed by atoms with Crippen LogP contribution in [0.5, 0.6) is 5.75 Å². The molecule has 152 valence electrons. The first-order chi connectivity index (χ1) is 14.6. The first-order valence-electron chi connectivity index (χ1n) is 9.87. The van der Waals surface area contributed by atoms with Crippen LogP contribution in [0.4, 0.5) is 4.39 Å². The van der Waals surface area contributed by atoms with Gasteiger partial charge in [0.05, 0.1) is 11.2 Å². The number of rotatable bonds is 4. The summed E-state index contributed by atoms with van der Waals surface area (Å²) in [5.41, 5.74) is 5.19. The molecule has 0 amide bonds. The summed E-state index contributed by atoms with van der Waals surface area (Å²) in [6, 6.07) is 12.2. The molecule has 1 aromatic carbocycles. The van der Waals surface area contributed by atoms with Crippen LogP contribution in [-0.4, -0.2) is 20.7 Å². The third-order valence-electron chi connectivity index (χ3n) is 5.62. The molecule has 30 heavy (non-hydrogen) atoms.